The second-order valence-electron chi connectivity index (χ2n) is 3.46. The van der Waals surface area contributed by atoms with Crippen LogP contribution in [0, 0.1) is 0 Å². The van der Waals surface area contributed by atoms with Crippen molar-refractivity contribution >= 4 is 27.6 Å². The highest BCUT2D eigenvalue weighted by Gasteiger charge is 1.89. The number of rotatable bonds is 0. The zero-order valence-corrected chi connectivity index (χ0v) is 11.6. The van der Waals surface area contributed by atoms with E-state index in [0.29, 0.717) is 0 Å². The Balaban J connectivity index is 0.000000229. The monoisotopic (exact) mass is 292 g/mol. The summed E-state index contributed by atoms with van der Waals surface area (Å²) in [5.74, 6) is 0. The van der Waals surface area contributed by atoms with Gasteiger partial charge in [-0.1, -0.05) is 0 Å². The van der Waals surface area contributed by atoms with E-state index in [1.807, 2.05) is 19.0 Å². The first-order valence-electron chi connectivity index (χ1n) is 6.00. The van der Waals surface area contributed by atoms with Crippen molar-refractivity contribution in [2.24, 2.45) is 15.0 Å². The van der Waals surface area contributed by atoms with E-state index < -0.39 is 8.60 Å². The highest BCUT2D eigenvalue weighted by Crippen LogP contribution is 1.85. The van der Waals surface area contributed by atoms with Gasteiger partial charge in [0.05, 0.1) is 19.6 Å². The van der Waals surface area contributed by atoms with Crippen molar-refractivity contribution in [3.63, 3.8) is 0 Å². The summed E-state index contributed by atoms with van der Waals surface area (Å²) >= 11 is 0. The van der Waals surface area contributed by atoms with Crippen LogP contribution in [0.1, 0.15) is 0 Å². The molecule has 10 heteroatoms. The van der Waals surface area contributed by atoms with Gasteiger partial charge in [0.15, 0.2) is 19.0 Å². The van der Waals surface area contributed by atoms with Gasteiger partial charge in [0.25, 0.3) is 0 Å². The predicted octanol–water partition coefficient (Wildman–Crippen LogP) is -6.93. The van der Waals surface area contributed by atoms with Crippen molar-refractivity contribution < 1.29 is 30.6 Å². The van der Waals surface area contributed by atoms with Crippen LogP contribution in [-0.2, 0) is 0 Å². The summed E-state index contributed by atoms with van der Waals surface area (Å²) in [6, 6.07) is 0. The summed E-state index contributed by atoms with van der Waals surface area (Å²) in [5, 5.41) is 6.21. The van der Waals surface area contributed by atoms with Gasteiger partial charge in [-0.2, -0.15) is 0 Å². The minimum absolute atomic E-state index is 1.01. The normalized spacial score (nSPS) is 18.3. The molecule has 0 aliphatic carbocycles. The van der Waals surface area contributed by atoms with Crippen LogP contribution in [-0.4, -0.2) is 58.3 Å². The van der Waals surface area contributed by atoms with Gasteiger partial charge < -0.3 is 39.2 Å². The van der Waals surface area contributed by atoms with Crippen molar-refractivity contribution in [3.05, 3.63) is 0 Å². The lowest BCUT2D eigenvalue weighted by molar-refractivity contribution is -0.518. The molecule has 19 heavy (non-hydrogen) atoms. The molecule has 0 saturated carbocycles. The largest absolute Gasteiger partial charge is 0.854 e. The number of nitrogens with zero attached hydrogens (tertiary/aromatic N) is 3. The van der Waals surface area contributed by atoms with Crippen molar-refractivity contribution in [1.29, 1.82) is 0 Å². The third-order valence-electron chi connectivity index (χ3n) is 1.91. The summed E-state index contributed by atoms with van der Waals surface area (Å²) in [5.41, 5.74) is 0. The Hall–Kier alpha value is -0.800. The van der Waals surface area contributed by atoms with Gasteiger partial charge in [0.1, 0.15) is 19.6 Å². The average Bonchev–Trinajstić information content (AvgIpc) is 3.18. The van der Waals surface area contributed by atoms with E-state index >= 15 is 0 Å². The van der Waals surface area contributed by atoms with E-state index in [0.717, 1.165) is 39.3 Å². The average molecular weight is 292 g/mol. The molecule has 0 fully saturated rings. The number of quaternary nitrogens is 3. The van der Waals surface area contributed by atoms with Crippen LogP contribution in [0.15, 0.2) is 15.0 Å². The smallest absolute Gasteiger partial charge is 0.182 e. The molecule has 3 aliphatic heterocycles. The highest BCUT2D eigenvalue weighted by molar-refractivity contribution is 7.33. The van der Waals surface area contributed by atoms with Crippen LogP contribution < -0.4 is 30.6 Å². The van der Waals surface area contributed by atoms with Gasteiger partial charge in [-0.15, -0.1) is 0 Å². The van der Waals surface area contributed by atoms with E-state index in [-0.39, 0.29) is 0 Å². The Morgan fingerprint density at radius 1 is 0.684 bits per heavy atom. The number of nitrogens with two attached hydrogens (primary N) is 3. The quantitative estimate of drug-likeness (QED) is 0.380. The fourth-order valence-corrected chi connectivity index (χ4v) is 1.12. The van der Waals surface area contributed by atoms with Crippen molar-refractivity contribution in [2.45, 2.75) is 0 Å². The Labute approximate surface area is 113 Å². The lowest BCUT2D eigenvalue weighted by Gasteiger charge is -2.39. The summed E-state index contributed by atoms with van der Waals surface area (Å²) < 4.78 is 0. The molecular weight excluding hydrogens is 271 g/mol. The zero-order chi connectivity index (χ0) is 14.2. The van der Waals surface area contributed by atoms with E-state index in [4.69, 9.17) is 14.7 Å². The van der Waals surface area contributed by atoms with E-state index in [9.17, 15) is 0 Å². The maximum Gasteiger partial charge on any atom is 0.182 e. The Bertz CT molecular complexity index is 216. The van der Waals surface area contributed by atoms with Crippen molar-refractivity contribution in [1.82, 2.24) is 0 Å². The minimum Gasteiger partial charge on any atom is -0.854 e. The molecule has 3 aliphatic rings. The first kappa shape index (κ1) is 18.2. The molecule has 0 bridgehead atoms. The van der Waals surface area contributed by atoms with Gasteiger partial charge in [0, 0.05) is 0 Å². The first-order chi connectivity index (χ1) is 9.23. The molecule has 3 rings (SSSR count). The number of hydrogen-bond acceptors (Lipinski definition) is 6. The van der Waals surface area contributed by atoms with Crippen LogP contribution in [0.25, 0.3) is 0 Å². The molecule has 0 aromatic carbocycles. The molecule has 0 amide bonds. The summed E-state index contributed by atoms with van der Waals surface area (Å²) in [7, 11) is -3.37. The van der Waals surface area contributed by atoms with Gasteiger partial charge in [-0.3, -0.25) is 0 Å². The Morgan fingerprint density at radius 2 is 0.947 bits per heavy atom. The first-order valence-corrected chi connectivity index (χ1v) is 7.09. The van der Waals surface area contributed by atoms with Gasteiger partial charge >= 0.3 is 0 Å². The Kier molecular flexibility index (Phi) is 14.6. The van der Waals surface area contributed by atoms with E-state index in [2.05, 4.69) is 30.9 Å². The van der Waals surface area contributed by atoms with E-state index in [1.165, 1.54) is 0 Å². The fourth-order valence-electron chi connectivity index (χ4n) is 1.12. The minimum atomic E-state index is -3.37. The highest BCUT2D eigenvalue weighted by atomic mass is 31.2. The van der Waals surface area contributed by atoms with Gasteiger partial charge in [-0.05, 0) is 0 Å². The van der Waals surface area contributed by atoms with E-state index in [1.54, 1.807) is 0 Å². The van der Waals surface area contributed by atoms with Crippen LogP contribution in [0.3, 0.4) is 0 Å². The molecule has 0 aromatic rings. The van der Waals surface area contributed by atoms with Crippen molar-refractivity contribution in [3.8, 4) is 0 Å². The molecular formula is C9H21N6O3P. The molecule has 0 spiro atoms. The summed E-state index contributed by atoms with van der Waals surface area (Å²) in [6.07, 6.45) is 5.58. The molecule has 110 valence electrons. The second kappa shape index (κ2) is 15.3. The molecule has 6 N–H and O–H groups in total. The Morgan fingerprint density at radius 3 is 1.00 bits per heavy atom. The topological polar surface area (TPSA) is 156 Å². The predicted molar refractivity (Wildman–Crippen MR) is 67.4 cm³/mol. The van der Waals surface area contributed by atoms with Crippen molar-refractivity contribution in [2.75, 3.05) is 39.3 Å². The lowest BCUT2D eigenvalue weighted by atomic mass is 10.7. The zero-order valence-electron chi connectivity index (χ0n) is 10.7. The number of hydrogen-bond donors (Lipinski definition) is 3. The van der Waals surface area contributed by atoms with Crippen LogP contribution in [0.4, 0.5) is 0 Å². The molecule has 0 unspecified atom stereocenters. The second-order valence-corrected chi connectivity index (χ2v) is 3.91. The lowest BCUT2D eigenvalue weighted by Crippen LogP contribution is -2.80. The molecule has 0 radical (unpaired) electrons. The molecule has 3 heterocycles. The standard InChI is InChI=1S/3C3H6N2.O3P/c3*1-2-5-3-4-1;1-4(2)3/h3*3H,1-2H2,(H,4,5);/q;;;-3/p+3. The third kappa shape index (κ3) is 19.7. The fraction of sp³-hybridized carbons (Fsp3) is 0.667. The van der Waals surface area contributed by atoms with Crippen LogP contribution >= 0.6 is 8.60 Å². The molecule has 0 aromatic heterocycles. The van der Waals surface area contributed by atoms with Crippen LogP contribution in [0.5, 0.6) is 0 Å². The van der Waals surface area contributed by atoms with Gasteiger partial charge in [0.2, 0.25) is 0 Å². The summed E-state index contributed by atoms with van der Waals surface area (Å²) in [4.78, 5) is 37.2. The maximum atomic E-state index is 8.48. The SMILES string of the molecule is C1=NCC[NH2+]1.C1=NCC[NH2+]1.C1=NCC[NH2+]1.[O-]P([O-])[O-]. The molecule has 9 nitrogen and oxygen atoms in total. The third-order valence-corrected chi connectivity index (χ3v) is 1.91. The number of aliphatic imine (C=N–C) groups is 3. The summed E-state index contributed by atoms with van der Waals surface area (Å²) in [6.45, 7) is 6.50. The molecule has 0 saturated heterocycles. The molecule has 0 atom stereocenters. The maximum absolute atomic E-state index is 8.48. The van der Waals surface area contributed by atoms with Crippen LogP contribution in [0.2, 0.25) is 0 Å². The van der Waals surface area contributed by atoms with Gasteiger partial charge in [-0.25, -0.2) is 15.0 Å².